The van der Waals surface area contributed by atoms with Crippen LogP contribution in [0.4, 0.5) is 0 Å². The highest BCUT2D eigenvalue weighted by Gasteiger charge is 2.19. The van der Waals surface area contributed by atoms with Crippen LogP contribution in [0.5, 0.6) is 5.75 Å². The van der Waals surface area contributed by atoms with Crippen LogP contribution in [0.15, 0.2) is 16.6 Å². The average Bonchev–Trinajstić information content (AvgIpc) is 2.36. The molecule has 0 radical (unpaired) electrons. The molecule has 1 aromatic carbocycles. The van der Waals surface area contributed by atoms with Crippen molar-refractivity contribution in [2.45, 2.75) is 32.4 Å². The Morgan fingerprint density at radius 1 is 1.52 bits per heavy atom. The Morgan fingerprint density at radius 2 is 2.29 bits per heavy atom. The zero-order chi connectivity index (χ0) is 15.4. The van der Waals surface area contributed by atoms with E-state index >= 15 is 0 Å². The molecule has 2 rings (SSSR count). The molecule has 2 N–H and O–H groups in total. The zero-order valence-electron chi connectivity index (χ0n) is 13.1. The van der Waals surface area contributed by atoms with Gasteiger partial charge in [0, 0.05) is 23.6 Å². The number of morpholine rings is 1. The number of rotatable bonds is 5. The molecule has 0 spiro atoms. The number of hydrogen-bond donors (Lipinski definition) is 1. The number of halogens is 1. The first kappa shape index (κ1) is 16.7. The lowest BCUT2D eigenvalue weighted by atomic mass is 10.0. The second-order valence-corrected chi connectivity index (χ2v) is 6.87. The highest BCUT2D eigenvalue weighted by atomic mass is 79.9. The molecule has 1 fully saturated rings. The van der Waals surface area contributed by atoms with Gasteiger partial charge in [0.15, 0.2) is 0 Å². The molecule has 2 atom stereocenters. The minimum atomic E-state index is 0.109. The third-order valence-corrected chi connectivity index (χ3v) is 4.07. The molecule has 0 aromatic heterocycles. The molecule has 1 aromatic rings. The molecule has 1 heterocycles. The maximum atomic E-state index is 6.08. The highest BCUT2D eigenvalue weighted by molar-refractivity contribution is 9.10. The van der Waals surface area contributed by atoms with Gasteiger partial charge in [-0.05, 0) is 50.6 Å². The molecule has 21 heavy (non-hydrogen) atoms. The third-order valence-electron chi connectivity index (χ3n) is 3.61. The Labute approximate surface area is 135 Å². The molecule has 118 valence electrons. The van der Waals surface area contributed by atoms with Crippen LogP contribution in [0.25, 0.3) is 0 Å². The van der Waals surface area contributed by atoms with Crippen molar-refractivity contribution in [1.29, 1.82) is 0 Å². The molecule has 0 bridgehead atoms. The Kier molecular flexibility index (Phi) is 6.05. The monoisotopic (exact) mass is 356 g/mol. The van der Waals surface area contributed by atoms with E-state index < -0.39 is 0 Å². The molecule has 4 nitrogen and oxygen atoms in total. The highest BCUT2D eigenvalue weighted by Crippen LogP contribution is 2.29. The lowest BCUT2D eigenvalue weighted by molar-refractivity contribution is -0.0405. The fourth-order valence-corrected chi connectivity index (χ4v) is 3.27. The Bertz CT molecular complexity index is 480. The van der Waals surface area contributed by atoms with Crippen molar-refractivity contribution in [3.8, 4) is 5.75 Å². The van der Waals surface area contributed by atoms with E-state index in [1.54, 1.807) is 0 Å². The number of ether oxygens (including phenoxy) is 2. The van der Waals surface area contributed by atoms with Gasteiger partial charge in [0.1, 0.15) is 18.5 Å². The van der Waals surface area contributed by atoms with E-state index in [2.05, 4.69) is 46.9 Å². The molecule has 1 aliphatic rings. The van der Waals surface area contributed by atoms with E-state index in [0.29, 0.717) is 6.61 Å². The van der Waals surface area contributed by atoms with Gasteiger partial charge in [-0.3, -0.25) is 0 Å². The van der Waals surface area contributed by atoms with Crippen molar-refractivity contribution in [3.05, 3.63) is 27.7 Å². The predicted octanol–water partition coefficient (Wildman–Crippen LogP) is 2.36. The SMILES string of the molecule is Cc1cc(Br)cc(CC(C)N)c1OCC1CN(C)CCO1. The smallest absolute Gasteiger partial charge is 0.125 e. The third kappa shape index (κ3) is 4.95. The van der Waals surface area contributed by atoms with Gasteiger partial charge in [-0.1, -0.05) is 15.9 Å². The lowest BCUT2D eigenvalue weighted by Crippen LogP contribution is -2.42. The summed E-state index contributed by atoms with van der Waals surface area (Å²) in [5, 5.41) is 0. The maximum absolute atomic E-state index is 6.08. The van der Waals surface area contributed by atoms with Gasteiger partial charge in [-0.15, -0.1) is 0 Å². The quantitative estimate of drug-likeness (QED) is 0.879. The standard InChI is InChI=1S/C16H25BrN2O2/c1-11-6-14(17)8-13(7-12(2)18)16(11)21-10-15-9-19(3)4-5-20-15/h6,8,12,15H,4-5,7,9-10,18H2,1-3H3. The topological polar surface area (TPSA) is 47.7 Å². The largest absolute Gasteiger partial charge is 0.490 e. The number of aryl methyl sites for hydroxylation is 1. The number of benzene rings is 1. The summed E-state index contributed by atoms with van der Waals surface area (Å²) in [6.45, 7) is 7.34. The van der Waals surface area contributed by atoms with E-state index in [1.165, 1.54) is 0 Å². The molecule has 1 aliphatic heterocycles. The Morgan fingerprint density at radius 3 is 2.95 bits per heavy atom. The van der Waals surface area contributed by atoms with Gasteiger partial charge in [0.25, 0.3) is 0 Å². The molecule has 1 saturated heterocycles. The maximum Gasteiger partial charge on any atom is 0.125 e. The summed E-state index contributed by atoms with van der Waals surface area (Å²) in [5.74, 6) is 0.951. The van der Waals surface area contributed by atoms with Crippen molar-refractivity contribution in [2.24, 2.45) is 5.73 Å². The van der Waals surface area contributed by atoms with Crippen molar-refractivity contribution < 1.29 is 9.47 Å². The average molecular weight is 357 g/mol. The summed E-state index contributed by atoms with van der Waals surface area (Å²) < 4.78 is 12.9. The van der Waals surface area contributed by atoms with Crippen molar-refractivity contribution in [3.63, 3.8) is 0 Å². The first-order valence-electron chi connectivity index (χ1n) is 7.43. The van der Waals surface area contributed by atoms with E-state index in [0.717, 1.165) is 47.5 Å². The number of likely N-dealkylation sites (N-methyl/N-ethyl adjacent to an activating group) is 1. The summed E-state index contributed by atoms with van der Waals surface area (Å²) in [6.07, 6.45) is 0.941. The molecule has 0 saturated carbocycles. The summed E-state index contributed by atoms with van der Waals surface area (Å²) in [5.41, 5.74) is 8.23. The van der Waals surface area contributed by atoms with Crippen LogP contribution in [0.3, 0.4) is 0 Å². The molecular formula is C16H25BrN2O2. The fraction of sp³-hybridized carbons (Fsp3) is 0.625. The molecule has 0 amide bonds. The van der Waals surface area contributed by atoms with Crippen LogP contribution in [0.2, 0.25) is 0 Å². The molecule has 5 heteroatoms. The first-order valence-corrected chi connectivity index (χ1v) is 8.22. The van der Waals surface area contributed by atoms with Crippen LogP contribution in [-0.2, 0) is 11.2 Å². The van der Waals surface area contributed by atoms with Gasteiger partial charge in [0.05, 0.1) is 6.61 Å². The summed E-state index contributed by atoms with van der Waals surface area (Å²) in [6, 6.07) is 4.28. The second kappa shape index (κ2) is 7.58. The molecule has 0 aliphatic carbocycles. The summed E-state index contributed by atoms with van der Waals surface area (Å²) in [7, 11) is 2.11. The van der Waals surface area contributed by atoms with Gasteiger partial charge in [-0.25, -0.2) is 0 Å². The van der Waals surface area contributed by atoms with Crippen LogP contribution >= 0.6 is 15.9 Å². The van der Waals surface area contributed by atoms with Crippen molar-refractivity contribution in [2.75, 3.05) is 33.4 Å². The van der Waals surface area contributed by atoms with Crippen molar-refractivity contribution in [1.82, 2.24) is 4.90 Å². The van der Waals surface area contributed by atoms with Crippen LogP contribution in [-0.4, -0.2) is 50.4 Å². The minimum Gasteiger partial charge on any atom is -0.490 e. The normalized spacial score (nSPS) is 21.3. The second-order valence-electron chi connectivity index (χ2n) is 5.96. The van der Waals surface area contributed by atoms with Gasteiger partial charge in [0.2, 0.25) is 0 Å². The summed E-state index contributed by atoms with van der Waals surface area (Å²) >= 11 is 3.54. The van der Waals surface area contributed by atoms with Crippen LogP contribution in [0.1, 0.15) is 18.1 Å². The first-order chi connectivity index (χ1) is 9.95. The minimum absolute atomic E-state index is 0.109. The van der Waals surface area contributed by atoms with E-state index in [1.807, 2.05) is 6.92 Å². The van der Waals surface area contributed by atoms with Crippen LogP contribution in [0, 0.1) is 6.92 Å². The lowest BCUT2D eigenvalue weighted by Gasteiger charge is -2.30. The fourth-order valence-electron chi connectivity index (χ4n) is 2.65. The number of nitrogens with zero attached hydrogens (tertiary/aromatic N) is 1. The van der Waals surface area contributed by atoms with E-state index in [4.69, 9.17) is 15.2 Å². The Balaban J connectivity index is 2.07. The molecular weight excluding hydrogens is 332 g/mol. The van der Waals surface area contributed by atoms with Gasteiger partial charge in [-0.2, -0.15) is 0 Å². The van der Waals surface area contributed by atoms with Crippen LogP contribution < -0.4 is 10.5 Å². The van der Waals surface area contributed by atoms with Gasteiger partial charge >= 0.3 is 0 Å². The number of hydrogen-bond acceptors (Lipinski definition) is 4. The van der Waals surface area contributed by atoms with E-state index in [9.17, 15) is 0 Å². The molecule has 2 unspecified atom stereocenters. The predicted molar refractivity (Wildman–Crippen MR) is 89.0 cm³/mol. The zero-order valence-corrected chi connectivity index (χ0v) is 14.6. The van der Waals surface area contributed by atoms with Crippen molar-refractivity contribution >= 4 is 15.9 Å². The van der Waals surface area contributed by atoms with Gasteiger partial charge < -0.3 is 20.1 Å². The number of nitrogens with two attached hydrogens (primary N) is 1. The Hall–Kier alpha value is -0.620. The summed E-state index contributed by atoms with van der Waals surface area (Å²) in [4.78, 5) is 2.27. The van der Waals surface area contributed by atoms with E-state index in [-0.39, 0.29) is 12.1 Å².